The Hall–Kier alpha value is -1.29. The fraction of sp³-hybridized carbons (Fsp3) is 0.143. The number of benzene rings is 2. The number of rotatable bonds is 4. The molecule has 0 aliphatic carbocycles. The van der Waals surface area contributed by atoms with E-state index in [1.54, 1.807) is 18.2 Å². The first-order chi connectivity index (χ1) is 9.10. The highest BCUT2D eigenvalue weighted by Crippen LogP contribution is 2.28. The molecule has 2 nitrogen and oxygen atoms in total. The van der Waals surface area contributed by atoms with Gasteiger partial charge in [0.1, 0.15) is 17.3 Å². The predicted molar refractivity (Wildman–Crippen MR) is 75.7 cm³/mol. The summed E-state index contributed by atoms with van der Waals surface area (Å²) in [6, 6.07) is 9.62. The molecule has 0 amide bonds. The van der Waals surface area contributed by atoms with E-state index in [1.165, 1.54) is 12.1 Å². The number of hydrogen-bond donors (Lipinski definition) is 1. The Labute approximate surface area is 121 Å². The molecule has 5 heteroatoms. The van der Waals surface area contributed by atoms with Crippen LogP contribution < -0.4 is 10.1 Å². The van der Waals surface area contributed by atoms with Crippen LogP contribution in [-0.2, 0) is 6.54 Å². The zero-order valence-corrected chi connectivity index (χ0v) is 11.7. The number of ether oxygens (including phenoxy) is 1. The summed E-state index contributed by atoms with van der Waals surface area (Å²) in [6.07, 6.45) is 0. The highest BCUT2D eigenvalue weighted by atomic mass is 35.5. The molecule has 0 spiro atoms. The third-order valence-electron chi connectivity index (χ3n) is 2.52. The van der Waals surface area contributed by atoms with Gasteiger partial charge in [0.05, 0.1) is 5.02 Å². The monoisotopic (exact) mass is 299 g/mol. The standard InChI is InChI=1S/C14H12Cl2FNO/c1-18-8-9-2-3-10(6-13(9)16)19-11-4-5-12(15)14(17)7-11/h2-7,18H,8H2,1H3. The molecular weight excluding hydrogens is 288 g/mol. The molecule has 0 radical (unpaired) electrons. The summed E-state index contributed by atoms with van der Waals surface area (Å²) in [5.74, 6) is 0.406. The lowest BCUT2D eigenvalue weighted by Gasteiger charge is -2.09. The summed E-state index contributed by atoms with van der Waals surface area (Å²) >= 11 is 11.7. The lowest BCUT2D eigenvalue weighted by molar-refractivity contribution is 0.476. The average Bonchev–Trinajstić information content (AvgIpc) is 2.37. The van der Waals surface area contributed by atoms with E-state index >= 15 is 0 Å². The van der Waals surface area contributed by atoms with Gasteiger partial charge >= 0.3 is 0 Å². The number of hydrogen-bond acceptors (Lipinski definition) is 2. The van der Waals surface area contributed by atoms with Gasteiger partial charge in [-0.25, -0.2) is 4.39 Å². The Bertz CT molecular complexity index is 590. The smallest absolute Gasteiger partial charge is 0.145 e. The van der Waals surface area contributed by atoms with Crippen LogP contribution >= 0.6 is 23.2 Å². The quantitative estimate of drug-likeness (QED) is 0.888. The van der Waals surface area contributed by atoms with Gasteiger partial charge < -0.3 is 10.1 Å². The van der Waals surface area contributed by atoms with E-state index in [9.17, 15) is 4.39 Å². The van der Waals surface area contributed by atoms with Gasteiger partial charge in [-0.15, -0.1) is 0 Å². The first-order valence-corrected chi connectivity index (χ1v) is 6.41. The summed E-state index contributed by atoms with van der Waals surface area (Å²) in [4.78, 5) is 0. The minimum atomic E-state index is -0.517. The second-order valence-corrected chi connectivity index (χ2v) is 4.78. The third-order valence-corrected chi connectivity index (χ3v) is 3.18. The van der Waals surface area contributed by atoms with Crippen LogP contribution in [0.1, 0.15) is 5.56 Å². The van der Waals surface area contributed by atoms with E-state index in [0.717, 1.165) is 5.56 Å². The molecule has 0 aromatic heterocycles. The van der Waals surface area contributed by atoms with Crippen molar-refractivity contribution in [1.82, 2.24) is 5.32 Å². The van der Waals surface area contributed by atoms with Gasteiger partial charge in [-0.05, 0) is 36.9 Å². The maximum atomic E-state index is 13.3. The molecule has 0 fully saturated rings. The first-order valence-electron chi connectivity index (χ1n) is 5.66. The first kappa shape index (κ1) is 14.1. The normalized spacial score (nSPS) is 10.5. The van der Waals surface area contributed by atoms with Crippen molar-refractivity contribution < 1.29 is 9.13 Å². The fourth-order valence-corrected chi connectivity index (χ4v) is 1.96. The molecule has 0 aliphatic rings. The molecule has 0 saturated heterocycles. The minimum Gasteiger partial charge on any atom is -0.457 e. The second-order valence-electron chi connectivity index (χ2n) is 3.96. The molecule has 0 heterocycles. The van der Waals surface area contributed by atoms with Crippen molar-refractivity contribution in [3.63, 3.8) is 0 Å². The van der Waals surface area contributed by atoms with E-state index in [0.29, 0.717) is 23.1 Å². The molecule has 0 unspecified atom stereocenters. The lowest BCUT2D eigenvalue weighted by Crippen LogP contribution is -2.05. The van der Waals surface area contributed by atoms with E-state index in [-0.39, 0.29) is 5.02 Å². The summed E-state index contributed by atoms with van der Waals surface area (Å²) in [7, 11) is 1.84. The van der Waals surface area contributed by atoms with Gasteiger partial charge in [0, 0.05) is 17.6 Å². The second kappa shape index (κ2) is 6.24. The van der Waals surface area contributed by atoms with Crippen LogP contribution in [0.4, 0.5) is 4.39 Å². The van der Waals surface area contributed by atoms with Gasteiger partial charge in [0.15, 0.2) is 0 Å². The zero-order chi connectivity index (χ0) is 13.8. The number of halogens is 3. The van der Waals surface area contributed by atoms with Crippen molar-refractivity contribution in [3.8, 4) is 11.5 Å². The molecule has 0 atom stereocenters. The van der Waals surface area contributed by atoms with Gasteiger partial charge in [-0.2, -0.15) is 0 Å². The molecule has 19 heavy (non-hydrogen) atoms. The summed E-state index contributed by atoms with van der Waals surface area (Å²) in [5.41, 5.74) is 0.971. The maximum absolute atomic E-state index is 13.3. The Morgan fingerprint density at radius 3 is 2.37 bits per heavy atom. The van der Waals surface area contributed by atoms with Gasteiger partial charge in [0.2, 0.25) is 0 Å². The SMILES string of the molecule is CNCc1ccc(Oc2ccc(Cl)c(F)c2)cc1Cl. The van der Waals surface area contributed by atoms with Crippen LogP contribution in [0.25, 0.3) is 0 Å². The Kier molecular flexibility index (Phi) is 4.64. The lowest BCUT2D eigenvalue weighted by atomic mass is 10.2. The van der Waals surface area contributed by atoms with E-state index in [2.05, 4.69) is 5.32 Å². The van der Waals surface area contributed by atoms with Crippen LogP contribution in [-0.4, -0.2) is 7.05 Å². The van der Waals surface area contributed by atoms with Crippen molar-refractivity contribution in [3.05, 3.63) is 57.8 Å². The van der Waals surface area contributed by atoms with E-state index in [1.807, 2.05) is 13.1 Å². The van der Waals surface area contributed by atoms with Crippen LogP contribution in [0.5, 0.6) is 11.5 Å². The molecule has 2 aromatic carbocycles. The van der Waals surface area contributed by atoms with Crippen LogP contribution in [0, 0.1) is 5.82 Å². The molecular formula is C14H12Cl2FNO. The molecule has 0 aliphatic heterocycles. The van der Waals surface area contributed by atoms with Crippen LogP contribution in [0.15, 0.2) is 36.4 Å². The fourth-order valence-electron chi connectivity index (χ4n) is 1.60. The number of nitrogens with one attached hydrogen (secondary N) is 1. The van der Waals surface area contributed by atoms with Crippen LogP contribution in [0.2, 0.25) is 10.0 Å². The Balaban J connectivity index is 2.19. The zero-order valence-electron chi connectivity index (χ0n) is 10.2. The summed E-state index contributed by atoms with van der Waals surface area (Å²) < 4.78 is 18.8. The van der Waals surface area contributed by atoms with Crippen molar-refractivity contribution in [1.29, 1.82) is 0 Å². The molecule has 2 aromatic rings. The predicted octanol–water partition coefficient (Wildman–Crippen LogP) is 4.64. The van der Waals surface area contributed by atoms with Gasteiger partial charge in [-0.1, -0.05) is 29.3 Å². The van der Waals surface area contributed by atoms with Crippen molar-refractivity contribution in [2.75, 3.05) is 7.05 Å². The van der Waals surface area contributed by atoms with Gasteiger partial charge in [0.25, 0.3) is 0 Å². The molecule has 100 valence electrons. The highest BCUT2D eigenvalue weighted by Gasteiger charge is 2.05. The Morgan fingerprint density at radius 2 is 1.74 bits per heavy atom. The van der Waals surface area contributed by atoms with E-state index < -0.39 is 5.82 Å². The van der Waals surface area contributed by atoms with Crippen molar-refractivity contribution >= 4 is 23.2 Å². The molecule has 0 bridgehead atoms. The van der Waals surface area contributed by atoms with Crippen molar-refractivity contribution in [2.45, 2.75) is 6.54 Å². The average molecular weight is 300 g/mol. The van der Waals surface area contributed by atoms with Gasteiger partial charge in [-0.3, -0.25) is 0 Å². The highest BCUT2D eigenvalue weighted by molar-refractivity contribution is 6.31. The summed E-state index contributed by atoms with van der Waals surface area (Å²) in [5, 5.41) is 3.68. The largest absolute Gasteiger partial charge is 0.457 e. The molecule has 2 rings (SSSR count). The van der Waals surface area contributed by atoms with Crippen LogP contribution in [0.3, 0.4) is 0 Å². The minimum absolute atomic E-state index is 0.0646. The molecule has 0 saturated carbocycles. The van der Waals surface area contributed by atoms with E-state index in [4.69, 9.17) is 27.9 Å². The molecule has 1 N–H and O–H groups in total. The maximum Gasteiger partial charge on any atom is 0.145 e. The third kappa shape index (κ3) is 3.60. The van der Waals surface area contributed by atoms with Crippen molar-refractivity contribution in [2.24, 2.45) is 0 Å². The topological polar surface area (TPSA) is 21.3 Å². The summed E-state index contributed by atoms with van der Waals surface area (Å²) in [6.45, 7) is 0.675. The Morgan fingerprint density at radius 1 is 1.05 bits per heavy atom.